The molecule has 1 aromatic carbocycles. The van der Waals surface area contributed by atoms with Gasteiger partial charge in [0.15, 0.2) is 0 Å². The van der Waals surface area contributed by atoms with Crippen molar-refractivity contribution in [1.82, 2.24) is 0 Å². The van der Waals surface area contributed by atoms with Gasteiger partial charge < -0.3 is 4.74 Å². The van der Waals surface area contributed by atoms with Gasteiger partial charge >= 0.3 is 0 Å². The van der Waals surface area contributed by atoms with E-state index in [1.165, 1.54) is 0 Å². The molecule has 0 saturated heterocycles. The van der Waals surface area contributed by atoms with Gasteiger partial charge in [-0.1, -0.05) is 18.7 Å². The molecule has 0 radical (unpaired) electrons. The van der Waals surface area contributed by atoms with Crippen LogP contribution in [0.25, 0.3) is 5.76 Å². The molecule has 0 spiro atoms. The summed E-state index contributed by atoms with van der Waals surface area (Å²) < 4.78 is 5.25. The van der Waals surface area contributed by atoms with Gasteiger partial charge in [0, 0.05) is 10.5 Å². The fourth-order valence-electron chi connectivity index (χ4n) is 0.937. The molecule has 0 amide bonds. The Morgan fingerprint density at radius 3 is 2.92 bits per heavy atom. The summed E-state index contributed by atoms with van der Waals surface area (Å²) in [4.78, 5) is 0.924. The minimum absolute atomic E-state index is 0.648. The van der Waals surface area contributed by atoms with E-state index in [1.54, 1.807) is 0 Å². The maximum absolute atomic E-state index is 5.25. The molecule has 0 aliphatic carbocycles. The van der Waals surface area contributed by atoms with E-state index >= 15 is 0 Å². The molecular weight excluding hydrogens is 168 g/mol. The average Bonchev–Trinajstić information content (AvgIpc) is 2.05. The normalized spacial score (nSPS) is 9.50. The lowest BCUT2D eigenvalue weighted by Gasteiger charge is -2.06. The summed E-state index contributed by atoms with van der Waals surface area (Å²) in [7, 11) is 0. The predicted molar refractivity (Wildman–Crippen MR) is 54.4 cm³/mol. The van der Waals surface area contributed by atoms with Crippen molar-refractivity contribution in [2.45, 2.75) is 11.8 Å². The lowest BCUT2D eigenvalue weighted by Crippen LogP contribution is -1.89. The molecule has 0 fully saturated rings. The molecule has 0 heterocycles. The second-order valence-electron chi connectivity index (χ2n) is 2.41. The molecule has 0 atom stereocenters. The topological polar surface area (TPSA) is 9.23 Å². The zero-order valence-electron chi connectivity index (χ0n) is 7.08. The number of ether oxygens (including phenoxy) is 1. The quantitative estimate of drug-likeness (QED) is 0.555. The van der Waals surface area contributed by atoms with E-state index < -0.39 is 0 Å². The highest BCUT2D eigenvalue weighted by molar-refractivity contribution is 7.80. The Balaban J connectivity index is 2.81. The largest absolute Gasteiger partial charge is 0.494 e. The molecule has 0 N–H and O–H groups in total. The van der Waals surface area contributed by atoms with Crippen LogP contribution in [0.3, 0.4) is 0 Å². The van der Waals surface area contributed by atoms with E-state index in [1.807, 2.05) is 31.2 Å². The predicted octanol–water partition coefficient (Wildman–Crippen LogP) is 2.98. The summed E-state index contributed by atoms with van der Waals surface area (Å²) >= 11 is 4.22. The van der Waals surface area contributed by atoms with Gasteiger partial charge in [-0.05, 0) is 19.1 Å². The maximum atomic E-state index is 5.25. The molecule has 2 heteroatoms. The SMILES string of the molecule is C=C(OCC)c1cccc(S)c1. The standard InChI is InChI=1S/C10H12OS/c1-3-11-8(2)9-5-4-6-10(12)7-9/h4-7,12H,2-3H2,1H3. The number of thiol groups is 1. The Kier molecular flexibility index (Phi) is 3.23. The first kappa shape index (κ1) is 9.20. The second kappa shape index (κ2) is 4.21. The summed E-state index contributed by atoms with van der Waals surface area (Å²) in [6.45, 7) is 6.39. The van der Waals surface area contributed by atoms with Gasteiger partial charge in [-0.15, -0.1) is 12.6 Å². The molecule has 12 heavy (non-hydrogen) atoms. The molecule has 0 aliphatic heterocycles. The van der Waals surface area contributed by atoms with Crippen LogP contribution in [0, 0.1) is 0 Å². The summed E-state index contributed by atoms with van der Waals surface area (Å²) in [6.07, 6.45) is 0. The zero-order valence-corrected chi connectivity index (χ0v) is 7.97. The molecule has 0 aromatic heterocycles. The van der Waals surface area contributed by atoms with Crippen molar-refractivity contribution >= 4 is 18.4 Å². The average molecular weight is 180 g/mol. The van der Waals surface area contributed by atoms with Crippen molar-refractivity contribution in [3.63, 3.8) is 0 Å². The van der Waals surface area contributed by atoms with Crippen LogP contribution in [-0.2, 0) is 4.74 Å². The lowest BCUT2D eigenvalue weighted by atomic mass is 10.2. The Morgan fingerprint density at radius 1 is 1.58 bits per heavy atom. The molecule has 1 nitrogen and oxygen atoms in total. The first-order chi connectivity index (χ1) is 5.74. The first-order valence-corrected chi connectivity index (χ1v) is 4.30. The van der Waals surface area contributed by atoms with Crippen LogP contribution in [0.15, 0.2) is 35.7 Å². The highest BCUT2D eigenvalue weighted by atomic mass is 32.1. The van der Waals surface area contributed by atoms with Gasteiger partial charge in [0.05, 0.1) is 6.61 Å². The maximum Gasteiger partial charge on any atom is 0.119 e. The Labute approximate surface area is 78.5 Å². The molecule has 0 bridgehead atoms. The summed E-state index contributed by atoms with van der Waals surface area (Å²) in [5.41, 5.74) is 0.990. The van der Waals surface area contributed by atoms with Crippen molar-refractivity contribution in [2.24, 2.45) is 0 Å². The smallest absolute Gasteiger partial charge is 0.119 e. The number of rotatable bonds is 3. The molecule has 64 valence electrons. The van der Waals surface area contributed by atoms with E-state index in [4.69, 9.17) is 4.74 Å². The van der Waals surface area contributed by atoms with Crippen molar-refractivity contribution in [3.8, 4) is 0 Å². The van der Waals surface area contributed by atoms with E-state index in [9.17, 15) is 0 Å². The summed E-state index contributed by atoms with van der Waals surface area (Å²) in [6, 6.07) is 7.74. The Hall–Kier alpha value is -0.890. The number of hydrogen-bond donors (Lipinski definition) is 1. The summed E-state index contributed by atoms with van der Waals surface area (Å²) in [5.74, 6) is 0.702. The van der Waals surface area contributed by atoms with Crippen molar-refractivity contribution in [2.75, 3.05) is 6.61 Å². The molecule has 1 rings (SSSR count). The molecule has 0 aliphatic rings. The lowest BCUT2D eigenvalue weighted by molar-refractivity contribution is 0.299. The van der Waals surface area contributed by atoms with E-state index in [0.29, 0.717) is 12.4 Å². The van der Waals surface area contributed by atoms with Crippen molar-refractivity contribution < 1.29 is 4.74 Å². The third-order valence-electron chi connectivity index (χ3n) is 1.49. The highest BCUT2D eigenvalue weighted by Crippen LogP contribution is 2.16. The molecular formula is C10H12OS. The fourth-order valence-corrected chi connectivity index (χ4v) is 1.16. The van der Waals surface area contributed by atoms with Gasteiger partial charge in [-0.2, -0.15) is 0 Å². The van der Waals surface area contributed by atoms with Crippen LogP contribution < -0.4 is 0 Å². The van der Waals surface area contributed by atoms with Gasteiger partial charge in [-0.25, -0.2) is 0 Å². The minimum atomic E-state index is 0.648. The van der Waals surface area contributed by atoms with Crippen molar-refractivity contribution in [3.05, 3.63) is 36.4 Å². The van der Waals surface area contributed by atoms with Gasteiger partial charge in [0.25, 0.3) is 0 Å². The van der Waals surface area contributed by atoms with Crippen LogP contribution in [-0.4, -0.2) is 6.61 Å². The Morgan fingerprint density at radius 2 is 2.33 bits per heavy atom. The Bertz CT molecular complexity index is 281. The number of benzene rings is 1. The fraction of sp³-hybridized carbons (Fsp3) is 0.200. The van der Waals surface area contributed by atoms with Gasteiger partial charge in [0.2, 0.25) is 0 Å². The third-order valence-corrected chi connectivity index (χ3v) is 1.76. The highest BCUT2D eigenvalue weighted by Gasteiger charge is 1.97. The molecule has 0 saturated carbocycles. The molecule has 1 aromatic rings. The van der Waals surface area contributed by atoms with Crippen LogP contribution >= 0.6 is 12.6 Å². The third kappa shape index (κ3) is 2.31. The van der Waals surface area contributed by atoms with Crippen molar-refractivity contribution in [1.29, 1.82) is 0 Å². The van der Waals surface area contributed by atoms with E-state index in [2.05, 4.69) is 19.2 Å². The van der Waals surface area contributed by atoms with E-state index in [0.717, 1.165) is 10.5 Å². The monoisotopic (exact) mass is 180 g/mol. The van der Waals surface area contributed by atoms with Gasteiger partial charge in [-0.3, -0.25) is 0 Å². The number of hydrogen-bond acceptors (Lipinski definition) is 2. The van der Waals surface area contributed by atoms with Crippen LogP contribution in [0.2, 0.25) is 0 Å². The van der Waals surface area contributed by atoms with Crippen LogP contribution in [0.1, 0.15) is 12.5 Å². The van der Waals surface area contributed by atoms with Gasteiger partial charge in [0.1, 0.15) is 5.76 Å². The first-order valence-electron chi connectivity index (χ1n) is 3.85. The second-order valence-corrected chi connectivity index (χ2v) is 2.92. The van der Waals surface area contributed by atoms with Crippen LogP contribution in [0.4, 0.5) is 0 Å². The summed E-state index contributed by atoms with van der Waals surface area (Å²) in [5, 5.41) is 0. The minimum Gasteiger partial charge on any atom is -0.494 e. The van der Waals surface area contributed by atoms with Crippen LogP contribution in [0.5, 0.6) is 0 Å². The molecule has 0 unspecified atom stereocenters. The van der Waals surface area contributed by atoms with E-state index in [-0.39, 0.29) is 0 Å². The zero-order chi connectivity index (χ0) is 8.97.